The molecule has 2 unspecified atom stereocenters. The highest BCUT2D eigenvalue weighted by molar-refractivity contribution is 5.33. The van der Waals surface area contributed by atoms with Gasteiger partial charge < -0.3 is 9.47 Å². The largest absolute Gasteiger partial charge is 0.490 e. The molecule has 1 aliphatic heterocycles. The Hall–Kier alpha value is -1.42. The normalized spacial score (nSPS) is 36.5. The van der Waals surface area contributed by atoms with Crippen molar-refractivity contribution >= 4 is 0 Å². The maximum absolute atomic E-state index is 14.8. The van der Waals surface area contributed by atoms with E-state index in [0.29, 0.717) is 24.2 Å². The number of benzene rings is 1. The number of rotatable bonds is 8. The second kappa shape index (κ2) is 13.3. The van der Waals surface area contributed by atoms with Crippen molar-refractivity contribution in [2.75, 3.05) is 13.2 Å². The van der Waals surface area contributed by atoms with Crippen LogP contribution in [-0.2, 0) is 4.74 Å². The molecule has 0 radical (unpaired) electrons. The van der Waals surface area contributed by atoms with E-state index in [-0.39, 0.29) is 11.7 Å². The lowest BCUT2D eigenvalue weighted by Gasteiger charge is -2.43. The molecule has 212 valence electrons. The summed E-state index contributed by atoms with van der Waals surface area (Å²) < 4.78 is 41.0. The van der Waals surface area contributed by atoms with Gasteiger partial charge in [0.05, 0.1) is 19.3 Å². The maximum atomic E-state index is 14.8. The Morgan fingerprint density at radius 3 is 1.82 bits per heavy atom. The van der Waals surface area contributed by atoms with E-state index in [1.165, 1.54) is 64.2 Å². The van der Waals surface area contributed by atoms with E-state index in [4.69, 9.17) is 9.47 Å². The molecule has 4 aliphatic rings. The third kappa shape index (κ3) is 6.48. The molecule has 1 aromatic rings. The Morgan fingerprint density at radius 1 is 0.763 bits per heavy atom. The van der Waals surface area contributed by atoms with Gasteiger partial charge in [-0.3, -0.25) is 0 Å². The van der Waals surface area contributed by atoms with Gasteiger partial charge in [0, 0.05) is 5.92 Å². The lowest BCUT2D eigenvalue weighted by molar-refractivity contribution is -0.0521. The van der Waals surface area contributed by atoms with E-state index in [9.17, 15) is 8.78 Å². The molecule has 2 nitrogen and oxygen atoms in total. The zero-order chi connectivity index (χ0) is 26.5. The molecule has 0 N–H and O–H groups in total. The van der Waals surface area contributed by atoms with E-state index < -0.39 is 11.6 Å². The van der Waals surface area contributed by atoms with Crippen LogP contribution >= 0.6 is 0 Å². The maximum Gasteiger partial charge on any atom is 0.200 e. The summed E-state index contributed by atoms with van der Waals surface area (Å²) in [5.74, 6) is 3.50. The first-order valence-corrected chi connectivity index (χ1v) is 15.9. The van der Waals surface area contributed by atoms with Gasteiger partial charge >= 0.3 is 0 Å². The van der Waals surface area contributed by atoms with Gasteiger partial charge in [-0.1, -0.05) is 19.1 Å². The molecule has 3 aliphatic carbocycles. The van der Waals surface area contributed by atoms with Crippen LogP contribution in [0.5, 0.6) is 5.75 Å². The van der Waals surface area contributed by atoms with Crippen LogP contribution in [0.15, 0.2) is 24.8 Å². The van der Waals surface area contributed by atoms with Gasteiger partial charge in [0.15, 0.2) is 11.6 Å². The van der Waals surface area contributed by atoms with E-state index in [0.717, 1.165) is 68.3 Å². The van der Waals surface area contributed by atoms with Gasteiger partial charge in [-0.05, 0) is 143 Å². The first-order valence-electron chi connectivity index (χ1n) is 15.9. The van der Waals surface area contributed by atoms with Crippen LogP contribution in [0.3, 0.4) is 0 Å². The minimum absolute atomic E-state index is 0.0519. The first-order chi connectivity index (χ1) is 18.6. The predicted octanol–water partition coefficient (Wildman–Crippen LogP) is 9.62. The average molecular weight is 529 g/mol. The molecule has 4 heteroatoms. The summed E-state index contributed by atoms with van der Waals surface area (Å²) >= 11 is 0. The van der Waals surface area contributed by atoms with Gasteiger partial charge in [-0.25, -0.2) is 4.39 Å². The van der Waals surface area contributed by atoms with Crippen molar-refractivity contribution in [3.63, 3.8) is 0 Å². The van der Waals surface area contributed by atoms with Crippen molar-refractivity contribution in [2.45, 2.75) is 115 Å². The highest BCUT2D eigenvalue weighted by Crippen LogP contribution is 2.48. The third-order valence-electron chi connectivity index (χ3n) is 10.9. The molecule has 38 heavy (non-hydrogen) atoms. The smallest absolute Gasteiger partial charge is 0.200 e. The topological polar surface area (TPSA) is 18.5 Å². The molecule has 0 amide bonds. The standard InChI is InChI=1S/C34H50F2O2/c1-3-21-37-32-20-18-30(33(35)34(32)36)28-14-10-26(11-15-28)24-6-8-25(9-7-24)27-12-16-29(17-13-27)31-19-5-23(4-2)22-38-31/h4,18,20,23-29,31H,2-3,5-17,19,21-22H2,1H3. The Balaban J connectivity index is 1.04. The Bertz CT molecular complexity index is 884. The molecule has 1 heterocycles. The number of hydrogen-bond donors (Lipinski definition) is 0. The molecule has 1 saturated heterocycles. The van der Waals surface area contributed by atoms with Crippen molar-refractivity contribution in [3.05, 3.63) is 42.0 Å². The summed E-state index contributed by atoms with van der Waals surface area (Å²) in [7, 11) is 0. The monoisotopic (exact) mass is 528 g/mol. The zero-order valence-electron chi connectivity index (χ0n) is 23.7. The fourth-order valence-corrected chi connectivity index (χ4v) is 8.51. The van der Waals surface area contributed by atoms with Gasteiger partial charge in [0.2, 0.25) is 5.82 Å². The van der Waals surface area contributed by atoms with Crippen molar-refractivity contribution in [3.8, 4) is 5.75 Å². The van der Waals surface area contributed by atoms with Crippen molar-refractivity contribution < 1.29 is 18.3 Å². The molecule has 2 atom stereocenters. The quantitative estimate of drug-likeness (QED) is 0.313. The average Bonchev–Trinajstić information content (AvgIpc) is 2.98. The van der Waals surface area contributed by atoms with Crippen LogP contribution in [0.1, 0.15) is 115 Å². The van der Waals surface area contributed by atoms with Gasteiger partial charge in [-0.15, -0.1) is 6.58 Å². The van der Waals surface area contributed by atoms with Crippen LogP contribution in [-0.4, -0.2) is 19.3 Å². The summed E-state index contributed by atoms with van der Waals surface area (Å²) in [6.07, 6.45) is 21.2. The molecule has 1 aromatic carbocycles. The summed E-state index contributed by atoms with van der Waals surface area (Å²) in [6.45, 7) is 7.20. The molecule has 0 bridgehead atoms. The highest BCUT2D eigenvalue weighted by atomic mass is 19.2. The third-order valence-corrected chi connectivity index (χ3v) is 10.9. The summed E-state index contributed by atoms with van der Waals surface area (Å²) in [5.41, 5.74) is 0.559. The van der Waals surface area contributed by atoms with Gasteiger partial charge in [0.25, 0.3) is 0 Å². The van der Waals surface area contributed by atoms with Crippen LogP contribution in [0.25, 0.3) is 0 Å². The Morgan fingerprint density at radius 2 is 1.32 bits per heavy atom. The Labute approximate surface area is 229 Å². The van der Waals surface area contributed by atoms with Crippen LogP contribution in [0.4, 0.5) is 8.78 Å². The number of halogens is 2. The molecule has 4 fully saturated rings. The first kappa shape index (κ1) is 28.1. The van der Waals surface area contributed by atoms with E-state index >= 15 is 0 Å². The summed E-state index contributed by atoms with van der Waals surface area (Å²) in [5, 5.41) is 0. The minimum atomic E-state index is -0.807. The molecule has 3 saturated carbocycles. The SMILES string of the molecule is C=CC1CCC(C2CCC(C3CCC(C4CCC(c5ccc(OCCC)c(F)c5F)CC4)CC3)CC2)OC1. The zero-order valence-corrected chi connectivity index (χ0v) is 23.7. The fraction of sp³-hybridized carbons (Fsp3) is 0.765. The van der Waals surface area contributed by atoms with E-state index in [2.05, 4.69) is 12.7 Å². The van der Waals surface area contributed by atoms with Gasteiger partial charge in [0.1, 0.15) is 0 Å². The summed E-state index contributed by atoms with van der Waals surface area (Å²) in [6, 6.07) is 3.40. The molecule has 5 rings (SSSR count). The van der Waals surface area contributed by atoms with E-state index in [1.807, 2.05) is 6.92 Å². The Kier molecular flexibility index (Phi) is 9.84. The second-order valence-corrected chi connectivity index (χ2v) is 13.0. The van der Waals surface area contributed by atoms with Crippen molar-refractivity contribution in [1.82, 2.24) is 0 Å². The lowest BCUT2D eigenvalue weighted by atomic mass is 9.64. The van der Waals surface area contributed by atoms with E-state index in [1.54, 1.807) is 12.1 Å². The molecular weight excluding hydrogens is 478 g/mol. The fourth-order valence-electron chi connectivity index (χ4n) is 8.51. The van der Waals surface area contributed by atoms with Crippen molar-refractivity contribution in [2.24, 2.45) is 35.5 Å². The van der Waals surface area contributed by atoms with Crippen molar-refractivity contribution in [1.29, 1.82) is 0 Å². The van der Waals surface area contributed by atoms with Crippen LogP contribution < -0.4 is 4.74 Å². The van der Waals surface area contributed by atoms with Gasteiger partial charge in [-0.2, -0.15) is 4.39 Å². The highest BCUT2D eigenvalue weighted by Gasteiger charge is 2.37. The van der Waals surface area contributed by atoms with Crippen LogP contribution in [0.2, 0.25) is 0 Å². The number of hydrogen-bond acceptors (Lipinski definition) is 2. The lowest BCUT2D eigenvalue weighted by Crippen LogP contribution is -2.35. The predicted molar refractivity (Wildman–Crippen MR) is 150 cm³/mol. The van der Waals surface area contributed by atoms with Crippen LogP contribution in [0, 0.1) is 47.1 Å². The molecular formula is C34H50F2O2. The number of ether oxygens (including phenoxy) is 2. The minimum Gasteiger partial charge on any atom is -0.490 e. The second-order valence-electron chi connectivity index (χ2n) is 13.0. The molecule has 0 spiro atoms. The summed E-state index contributed by atoms with van der Waals surface area (Å²) in [4.78, 5) is 0. The molecule has 0 aromatic heterocycles.